The fourth-order valence-electron chi connectivity index (χ4n) is 2.39. The molecule has 0 N–H and O–H groups in total. The average Bonchev–Trinajstić information content (AvgIpc) is 3.02. The third-order valence-electron chi connectivity index (χ3n) is 3.53. The van der Waals surface area contributed by atoms with Crippen molar-refractivity contribution in [2.24, 2.45) is 0 Å². The van der Waals surface area contributed by atoms with E-state index in [-0.39, 0.29) is 11.7 Å². The fourth-order valence-corrected chi connectivity index (χ4v) is 3.02. The third-order valence-corrected chi connectivity index (χ3v) is 4.21. The van der Waals surface area contributed by atoms with E-state index in [0.29, 0.717) is 13.1 Å². The van der Waals surface area contributed by atoms with Gasteiger partial charge in [0.25, 0.3) is 5.91 Å². The first-order valence-electron chi connectivity index (χ1n) is 6.56. The topological polar surface area (TPSA) is 23.6 Å². The molecule has 20 heavy (non-hydrogen) atoms. The van der Waals surface area contributed by atoms with Crippen LogP contribution in [0.15, 0.2) is 41.1 Å². The van der Waals surface area contributed by atoms with E-state index in [2.05, 4.69) is 4.90 Å². The van der Waals surface area contributed by atoms with Crippen LogP contribution in [-0.2, 0) is 0 Å². The Morgan fingerprint density at radius 1 is 1.05 bits per heavy atom. The van der Waals surface area contributed by atoms with Gasteiger partial charge in [-0.3, -0.25) is 4.79 Å². The molecule has 1 aromatic carbocycles. The fraction of sp³-hybridized carbons (Fsp3) is 0.267. The molecule has 0 unspecified atom stereocenters. The molecule has 104 valence electrons. The Labute approximate surface area is 121 Å². The van der Waals surface area contributed by atoms with Gasteiger partial charge in [-0.2, -0.15) is 11.3 Å². The molecule has 0 saturated carbocycles. The molecule has 2 heterocycles. The molecule has 2 aromatic rings. The molecular formula is C15H15FN2OS. The van der Waals surface area contributed by atoms with Crippen molar-refractivity contribution < 1.29 is 9.18 Å². The predicted molar refractivity (Wildman–Crippen MR) is 78.8 cm³/mol. The largest absolute Gasteiger partial charge is 0.368 e. The number of halogens is 1. The van der Waals surface area contributed by atoms with Crippen LogP contribution in [-0.4, -0.2) is 37.0 Å². The minimum absolute atomic E-state index is 0.102. The lowest BCUT2D eigenvalue weighted by Gasteiger charge is -2.36. The van der Waals surface area contributed by atoms with E-state index in [1.165, 1.54) is 23.5 Å². The number of nitrogens with zero attached hydrogens (tertiary/aromatic N) is 2. The third kappa shape index (κ3) is 2.67. The van der Waals surface area contributed by atoms with Gasteiger partial charge >= 0.3 is 0 Å². The first-order valence-corrected chi connectivity index (χ1v) is 7.50. The second kappa shape index (κ2) is 5.63. The first-order chi connectivity index (χ1) is 9.74. The lowest BCUT2D eigenvalue weighted by atomic mass is 10.2. The number of amides is 1. The SMILES string of the molecule is O=C(c1ccsc1)N1CCN(c2ccc(F)cc2)CC1. The lowest BCUT2D eigenvalue weighted by molar-refractivity contribution is 0.0747. The summed E-state index contributed by atoms with van der Waals surface area (Å²) in [6.07, 6.45) is 0. The Morgan fingerprint density at radius 2 is 1.75 bits per heavy atom. The first kappa shape index (κ1) is 13.1. The molecule has 3 nitrogen and oxygen atoms in total. The van der Waals surface area contributed by atoms with Gasteiger partial charge in [-0.1, -0.05) is 0 Å². The van der Waals surface area contributed by atoms with Crippen LogP contribution in [0.1, 0.15) is 10.4 Å². The molecule has 0 radical (unpaired) electrons. The van der Waals surface area contributed by atoms with Crippen molar-refractivity contribution in [2.75, 3.05) is 31.1 Å². The molecule has 1 aromatic heterocycles. The Kier molecular flexibility index (Phi) is 3.69. The van der Waals surface area contributed by atoms with Crippen LogP contribution in [0, 0.1) is 5.82 Å². The summed E-state index contributed by atoms with van der Waals surface area (Å²) in [5.74, 6) is -0.120. The van der Waals surface area contributed by atoms with Gasteiger partial charge in [0.15, 0.2) is 0 Å². The summed E-state index contributed by atoms with van der Waals surface area (Å²) in [5.41, 5.74) is 1.78. The van der Waals surface area contributed by atoms with E-state index < -0.39 is 0 Å². The summed E-state index contributed by atoms with van der Waals surface area (Å²) in [6, 6.07) is 8.37. The molecule has 3 rings (SSSR count). The van der Waals surface area contributed by atoms with E-state index in [0.717, 1.165) is 24.3 Å². The summed E-state index contributed by atoms with van der Waals surface area (Å²) >= 11 is 1.54. The van der Waals surface area contributed by atoms with E-state index >= 15 is 0 Å². The van der Waals surface area contributed by atoms with Crippen molar-refractivity contribution in [3.8, 4) is 0 Å². The minimum Gasteiger partial charge on any atom is -0.368 e. The molecule has 0 spiro atoms. The minimum atomic E-state index is -0.222. The van der Waals surface area contributed by atoms with Crippen LogP contribution in [0.2, 0.25) is 0 Å². The van der Waals surface area contributed by atoms with Gasteiger partial charge in [-0.15, -0.1) is 0 Å². The number of anilines is 1. The van der Waals surface area contributed by atoms with Crippen LogP contribution in [0.4, 0.5) is 10.1 Å². The van der Waals surface area contributed by atoms with Gasteiger partial charge in [-0.05, 0) is 35.7 Å². The van der Waals surface area contributed by atoms with Crippen molar-refractivity contribution in [1.29, 1.82) is 0 Å². The van der Waals surface area contributed by atoms with E-state index in [1.54, 1.807) is 12.1 Å². The molecule has 0 atom stereocenters. The van der Waals surface area contributed by atoms with Gasteiger partial charge in [0.2, 0.25) is 0 Å². The van der Waals surface area contributed by atoms with E-state index in [9.17, 15) is 9.18 Å². The van der Waals surface area contributed by atoms with Crippen LogP contribution < -0.4 is 4.90 Å². The summed E-state index contributed by atoms with van der Waals surface area (Å²) in [7, 11) is 0. The van der Waals surface area contributed by atoms with Gasteiger partial charge in [-0.25, -0.2) is 4.39 Å². The molecule has 0 bridgehead atoms. The summed E-state index contributed by atoms with van der Waals surface area (Å²) in [5, 5.41) is 3.80. The maximum absolute atomic E-state index is 12.9. The molecule has 0 aliphatic carbocycles. The number of hydrogen-bond donors (Lipinski definition) is 0. The highest BCUT2D eigenvalue weighted by Crippen LogP contribution is 2.18. The molecule has 5 heteroatoms. The zero-order valence-corrected chi connectivity index (χ0v) is 11.8. The van der Waals surface area contributed by atoms with Gasteiger partial charge in [0, 0.05) is 37.2 Å². The van der Waals surface area contributed by atoms with Gasteiger partial charge in [0.05, 0.1) is 5.56 Å². The molecular weight excluding hydrogens is 275 g/mol. The lowest BCUT2D eigenvalue weighted by Crippen LogP contribution is -2.48. The molecule has 1 saturated heterocycles. The Morgan fingerprint density at radius 3 is 2.35 bits per heavy atom. The number of piperazine rings is 1. The zero-order valence-electron chi connectivity index (χ0n) is 11.0. The van der Waals surface area contributed by atoms with Crippen molar-refractivity contribution in [3.05, 3.63) is 52.5 Å². The highest BCUT2D eigenvalue weighted by atomic mass is 32.1. The van der Waals surface area contributed by atoms with E-state index in [1.807, 2.05) is 21.7 Å². The Hall–Kier alpha value is -1.88. The Balaban J connectivity index is 1.62. The van der Waals surface area contributed by atoms with Crippen LogP contribution in [0.5, 0.6) is 0 Å². The standard InChI is InChI=1S/C15H15FN2OS/c16-13-1-3-14(4-2-13)17-6-8-18(9-7-17)15(19)12-5-10-20-11-12/h1-5,10-11H,6-9H2. The highest BCUT2D eigenvalue weighted by molar-refractivity contribution is 7.08. The number of thiophene rings is 1. The number of carbonyl (C=O) groups excluding carboxylic acids is 1. The van der Waals surface area contributed by atoms with Gasteiger partial charge in [0.1, 0.15) is 5.82 Å². The summed E-state index contributed by atoms with van der Waals surface area (Å²) in [6.45, 7) is 2.96. The van der Waals surface area contributed by atoms with Crippen molar-refractivity contribution >= 4 is 22.9 Å². The van der Waals surface area contributed by atoms with Crippen LogP contribution in [0.25, 0.3) is 0 Å². The summed E-state index contributed by atoms with van der Waals surface area (Å²) < 4.78 is 12.9. The van der Waals surface area contributed by atoms with Crippen molar-refractivity contribution in [2.45, 2.75) is 0 Å². The zero-order chi connectivity index (χ0) is 13.9. The average molecular weight is 290 g/mol. The quantitative estimate of drug-likeness (QED) is 0.849. The maximum atomic E-state index is 12.9. The molecule has 1 fully saturated rings. The molecule has 1 aliphatic heterocycles. The predicted octanol–water partition coefficient (Wildman–Crippen LogP) is 2.85. The van der Waals surface area contributed by atoms with Crippen molar-refractivity contribution in [1.82, 2.24) is 4.90 Å². The number of benzene rings is 1. The molecule has 1 amide bonds. The Bertz CT molecular complexity index is 574. The second-order valence-electron chi connectivity index (χ2n) is 4.77. The monoisotopic (exact) mass is 290 g/mol. The summed E-state index contributed by atoms with van der Waals surface area (Å²) in [4.78, 5) is 16.3. The maximum Gasteiger partial charge on any atom is 0.254 e. The van der Waals surface area contributed by atoms with Crippen LogP contribution >= 0.6 is 11.3 Å². The molecule has 1 aliphatic rings. The number of hydrogen-bond acceptors (Lipinski definition) is 3. The highest BCUT2D eigenvalue weighted by Gasteiger charge is 2.22. The smallest absolute Gasteiger partial charge is 0.254 e. The normalized spacial score (nSPS) is 15.4. The van der Waals surface area contributed by atoms with E-state index in [4.69, 9.17) is 0 Å². The van der Waals surface area contributed by atoms with Gasteiger partial charge < -0.3 is 9.80 Å². The van der Waals surface area contributed by atoms with Crippen LogP contribution in [0.3, 0.4) is 0 Å². The number of rotatable bonds is 2. The van der Waals surface area contributed by atoms with Crippen molar-refractivity contribution in [3.63, 3.8) is 0 Å². The number of carbonyl (C=O) groups is 1. The second-order valence-corrected chi connectivity index (χ2v) is 5.55.